The summed E-state index contributed by atoms with van der Waals surface area (Å²) in [4.78, 5) is 2.58. The average Bonchev–Trinajstić information content (AvgIpc) is 3.21. The second kappa shape index (κ2) is 5.88. The Balaban J connectivity index is 1.86. The Labute approximate surface area is 121 Å². The predicted octanol–water partition coefficient (Wildman–Crippen LogP) is 2.53. The fourth-order valence-corrected chi connectivity index (χ4v) is 3.81. The van der Waals surface area contributed by atoms with Crippen molar-refractivity contribution in [2.24, 2.45) is 5.73 Å². The number of hydrogen-bond donors (Lipinski definition) is 1. The fourth-order valence-electron chi connectivity index (χ4n) is 3.81. The molecule has 0 aliphatic heterocycles. The van der Waals surface area contributed by atoms with Gasteiger partial charge in [-0.1, -0.05) is 12.8 Å². The van der Waals surface area contributed by atoms with Crippen molar-refractivity contribution in [1.82, 2.24) is 4.90 Å². The number of ether oxygens (including phenoxy) is 1. The van der Waals surface area contributed by atoms with E-state index in [0.717, 1.165) is 25.1 Å². The summed E-state index contributed by atoms with van der Waals surface area (Å²) in [6.07, 6.45) is 9.31. The molecule has 2 N–H and O–H groups in total. The van der Waals surface area contributed by atoms with Crippen LogP contribution in [0.3, 0.4) is 0 Å². The summed E-state index contributed by atoms with van der Waals surface area (Å²) in [5.41, 5.74) is 6.23. The maximum atomic E-state index is 6.25. The Bertz CT molecular complexity index is 416. The monoisotopic (exact) mass is 278 g/mol. The van der Waals surface area contributed by atoms with Crippen molar-refractivity contribution in [3.05, 3.63) is 24.2 Å². The standard InChI is InChI=1S/C16H26N2O2/c1-19-15-6-2-3-9-16(15,12-17)18(13-7-8-13)11-14-5-4-10-20-14/h4-5,10,13,15H,2-3,6-9,11-12,17H2,1H3. The lowest BCUT2D eigenvalue weighted by Crippen LogP contribution is -2.63. The highest BCUT2D eigenvalue weighted by Gasteiger charge is 2.49. The summed E-state index contributed by atoms with van der Waals surface area (Å²) in [5, 5.41) is 0. The minimum Gasteiger partial charge on any atom is -0.468 e. The number of hydrogen-bond acceptors (Lipinski definition) is 4. The molecule has 2 fully saturated rings. The van der Waals surface area contributed by atoms with Crippen molar-refractivity contribution in [2.75, 3.05) is 13.7 Å². The lowest BCUT2D eigenvalue weighted by Gasteiger charge is -2.50. The van der Waals surface area contributed by atoms with Crippen LogP contribution in [0, 0.1) is 0 Å². The summed E-state index contributed by atoms with van der Waals surface area (Å²) in [7, 11) is 1.83. The smallest absolute Gasteiger partial charge is 0.117 e. The third kappa shape index (κ3) is 2.52. The van der Waals surface area contributed by atoms with Crippen LogP contribution in [0.5, 0.6) is 0 Å². The van der Waals surface area contributed by atoms with Crippen molar-refractivity contribution < 1.29 is 9.15 Å². The molecule has 2 unspecified atom stereocenters. The molecule has 0 saturated heterocycles. The molecule has 112 valence electrons. The van der Waals surface area contributed by atoms with Gasteiger partial charge in [0, 0.05) is 19.7 Å². The van der Waals surface area contributed by atoms with E-state index in [4.69, 9.17) is 14.9 Å². The van der Waals surface area contributed by atoms with Crippen LogP contribution in [0.25, 0.3) is 0 Å². The molecule has 2 saturated carbocycles. The lowest BCUT2D eigenvalue weighted by molar-refractivity contribution is -0.0848. The van der Waals surface area contributed by atoms with Gasteiger partial charge in [-0.15, -0.1) is 0 Å². The van der Waals surface area contributed by atoms with E-state index in [1.165, 1.54) is 25.7 Å². The molecule has 20 heavy (non-hydrogen) atoms. The van der Waals surface area contributed by atoms with Crippen LogP contribution in [0.1, 0.15) is 44.3 Å². The molecule has 0 bridgehead atoms. The summed E-state index contributed by atoms with van der Waals surface area (Å²) in [5.74, 6) is 1.03. The van der Waals surface area contributed by atoms with Gasteiger partial charge in [0.25, 0.3) is 0 Å². The minimum atomic E-state index is -0.0129. The second-order valence-electron chi connectivity index (χ2n) is 6.22. The number of nitrogens with zero attached hydrogens (tertiary/aromatic N) is 1. The average molecular weight is 278 g/mol. The first kappa shape index (κ1) is 14.1. The molecule has 2 atom stereocenters. The maximum absolute atomic E-state index is 6.25. The van der Waals surface area contributed by atoms with Crippen LogP contribution >= 0.6 is 0 Å². The first-order chi connectivity index (χ1) is 9.80. The van der Waals surface area contributed by atoms with E-state index in [9.17, 15) is 0 Å². The van der Waals surface area contributed by atoms with E-state index >= 15 is 0 Å². The highest BCUT2D eigenvalue weighted by atomic mass is 16.5. The van der Waals surface area contributed by atoms with Gasteiger partial charge in [0.2, 0.25) is 0 Å². The molecule has 2 aliphatic carbocycles. The molecular weight excluding hydrogens is 252 g/mol. The van der Waals surface area contributed by atoms with Crippen molar-refractivity contribution >= 4 is 0 Å². The van der Waals surface area contributed by atoms with Gasteiger partial charge >= 0.3 is 0 Å². The molecule has 0 amide bonds. The highest BCUT2D eigenvalue weighted by Crippen LogP contribution is 2.42. The number of methoxy groups -OCH3 is 1. The van der Waals surface area contributed by atoms with Crippen LogP contribution in [-0.4, -0.2) is 36.2 Å². The number of nitrogens with two attached hydrogens (primary N) is 1. The lowest BCUT2D eigenvalue weighted by atomic mass is 9.77. The first-order valence-electron chi connectivity index (χ1n) is 7.82. The molecule has 2 aliphatic rings. The molecule has 0 spiro atoms. The van der Waals surface area contributed by atoms with Crippen molar-refractivity contribution in [2.45, 2.75) is 62.8 Å². The predicted molar refractivity (Wildman–Crippen MR) is 78.3 cm³/mol. The van der Waals surface area contributed by atoms with E-state index < -0.39 is 0 Å². The summed E-state index contributed by atoms with van der Waals surface area (Å²) >= 11 is 0. The number of rotatable bonds is 6. The van der Waals surface area contributed by atoms with E-state index in [-0.39, 0.29) is 11.6 Å². The molecule has 4 heteroatoms. The van der Waals surface area contributed by atoms with Gasteiger partial charge < -0.3 is 14.9 Å². The van der Waals surface area contributed by atoms with Crippen molar-refractivity contribution in [3.8, 4) is 0 Å². The zero-order chi connectivity index (χ0) is 14.0. The number of furan rings is 1. The quantitative estimate of drug-likeness (QED) is 0.869. The summed E-state index contributed by atoms with van der Waals surface area (Å²) in [6.45, 7) is 1.53. The largest absolute Gasteiger partial charge is 0.468 e. The molecule has 1 aromatic heterocycles. The fraction of sp³-hybridized carbons (Fsp3) is 0.750. The van der Waals surface area contributed by atoms with Crippen molar-refractivity contribution in [3.63, 3.8) is 0 Å². The van der Waals surface area contributed by atoms with Crippen LogP contribution < -0.4 is 5.73 Å². The van der Waals surface area contributed by atoms with E-state index in [1.54, 1.807) is 6.26 Å². The molecule has 1 heterocycles. The van der Waals surface area contributed by atoms with Gasteiger partial charge in [0.05, 0.1) is 24.5 Å². The van der Waals surface area contributed by atoms with E-state index in [0.29, 0.717) is 12.6 Å². The maximum Gasteiger partial charge on any atom is 0.117 e. The Kier molecular flexibility index (Phi) is 4.15. The van der Waals surface area contributed by atoms with E-state index in [2.05, 4.69) is 11.0 Å². The molecule has 3 rings (SSSR count). The third-order valence-electron chi connectivity index (χ3n) is 5.03. The van der Waals surface area contributed by atoms with E-state index in [1.807, 2.05) is 13.2 Å². The molecule has 0 aromatic carbocycles. The van der Waals surface area contributed by atoms with Crippen LogP contribution in [0.2, 0.25) is 0 Å². The van der Waals surface area contributed by atoms with Gasteiger partial charge in [-0.2, -0.15) is 0 Å². The molecule has 0 radical (unpaired) electrons. The SMILES string of the molecule is COC1CCCCC1(CN)N(Cc1ccco1)C1CC1. The Morgan fingerprint density at radius 2 is 2.25 bits per heavy atom. The van der Waals surface area contributed by atoms with Crippen LogP contribution in [0.15, 0.2) is 22.8 Å². The molecule has 1 aromatic rings. The zero-order valence-electron chi connectivity index (χ0n) is 12.4. The Morgan fingerprint density at radius 3 is 2.85 bits per heavy atom. The van der Waals surface area contributed by atoms with Crippen LogP contribution in [-0.2, 0) is 11.3 Å². The summed E-state index contributed by atoms with van der Waals surface area (Å²) < 4.78 is 11.4. The van der Waals surface area contributed by atoms with Gasteiger partial charge in [0.1, 0.15) is 5.76 Å². The second-order valence-corrected chi connectivity index (χ2v) is 6.22. The van der Waals surface area contributed by atoms with Crippen molar-refractivity contribution in [1.29, 1.82) is 0 Å². The topological polar surface area (TPSA) is 51.6 Å². The highest BCUT2D eigenvalue weighted by molar-refractivity contribution is 5.09. The Hall–Kier alpha value is -0.840. The molecular formula is C16H26N2O2. The normalized spacial score (nSPS) is 30.9. The summed E-state index contributed by atoms with van der Waals surface area (Å²) in [6, 6.07) is 4.67. The minimum absolute atomic E-state index is 0.0129. The van der Waals surface area contributed by atoms with Crippen LogP contribution in [0.4, 0.5) is 0 Å². The molecule has 4 nitrogen and oxygen atoms in total. The van der Waals surface area contributed by atoms with Gasteiger partial charge in [0.15, 0.2) is 0 Å². The zero-order valence-corrected chi connectivity index (χ0v) is 12.4. The van der Waals surface area contributed by atoms with Gasteiger partial charge in [-0.3, -0.25) is 4.90 Å². The van der Waals surface area contributed by atoms with Gasteiger partial charge in [-0.25, -0.2) is 0 Å². The first-order valence-corrected chi connectivity index (χ1v) is 7.82. The Morgan fingerprint density at radius 1 is 1.40 bits per heavy atom. The third-order valence-corrected chi connectivity index (χ3v) is 5.03. The van der Waals surface area contributed by atoms with Gasteiger partial charge in [-0.05, 0) is 37.8 Å².